The van der Waals surface area contributed by atoms with Crippen LogP contribution < -0.4 is 0 Å². The molecule has 0 heterocycles. The summed E-state index contributed by atoms with van der Waals surface area (Å²) < 4.78 is 4.86. The molecular formula is C12H16O3. The van der Waals surface area contributed by atoms with Crippen molar-refractivity contribution in [3.8, 4) is 0 Å². The standard InChI is InChI=1S/C12H16O3/c1-3-15-12(14)8-10-6-4-5-7-11(10)9(2)13/h4-7,9,13H,3,8H2,1-2H3. The SMILES string of the molecule is CCOC(=O)Cc1ccccc1C(C)O. The molecule has 0 radical (unpaired) electrons. The van der Waals surface area contributed by atoms with E-state index in [1.807, 2.05) is 24.3 Å². The van der Waals surface area contributed by atoms with Crippen molar-refractivity contribution in [1.29, 1.82) is 0 Å². The van der Waals surface area contributed by atoms with E-state index in [1.54, 1.807) is 13.8 Å². The van der Waals surface area contributed by atoms with Crippen molar-refractivity contribution in [2.24, 2.45) is 0 Å². The van der Waals surface area contributed by atoms with Crippen molar-refractivity contribution in [2.75, 3.05) is 6.61 Å². The zero-order valence-electron chi connectivity index (χ0n) is 9.06. The monoisotopic (exact) mass is 208 g/mol. The van der Waals surface area contributed by atoms with Crippen LogP contribution in [0.2, 0.25) is 0 Å². The first kappa shape index (κ1) is 11.7. The van der Waals surface area contributed by atoms with E-state index >= 15 is 0 Å². The number of rotatable bonds is 4. The molecule has 0 saturated heterocycles. The predicted molar refractivity (Wildman–Crippen MR) is 57.4 cm³/mol. The van der Waals surface area contributed by atoms with E-state index in [4.69, 9.17) is 4.74 Å². The molecule has 1 N–H and O–H groups in total. The van der Waals surface area contributed by atoms with Gasteiger partial charge < -0.3 is 9.84 Å². The first-order valence-electron chi connectivity index (χ1n) is 5.06. The van der Waals surface area contributed by atoms with Gasteiger partial charge in [0.2, 0.25) is 0 Å². The molecule has 1 atom stereocenters. The van der Waals surface area contributed by atoms with Gasteiger partial charge in [-0.05, 0) is 25.0 Å². The largest absolute Gasteiger partial charge is 0.466 e. The minimum absolute atomic E-state index is 0.217. The second-order valence-corrected chi connectivity index (χ2v) is 3.36. The summed E-state index contributed by atoms with van der Waals surface area (Å²) in [4.78, 5) is 11.3. The Morgan fingerprint density at radius 1 is 1.47 bits per heavy atom. The number of aliphatic hydroxyl groups is 1. The number of carbonyl (C=O) groups excluding carboxylic acids is 1. The van der Waals surface area contributed by atoms with Gasteiger partial charge in [-0.15, -0.1) is 0 Å². The lowest BCUT2D eigenvalue weighted by Gasteiger charge is -2.10. The van der Waals surface area contributed by atoms with Crippen LogP contribution in [-0.4, -0.2) is 17.7 Å². The van der Waals surface area contributed by atoms with Crippen LogP contribution in [-0.2, 0) is 16.0 Å². The number of ether oxygens (including phenoxy) is 1. The van der Waals surface area contributed by atoms with Gasteiger partial charge in [-0.3, -0.25) is 4.79 Å². The van der Waals surface area contributed by atoms with Crippen LogP contribution in [0.1, 0.15) is 31.1 Å². The molecule has 0 bridgehead atoms. The van der Waals surface area contributed by atoms with Crippen LogP contribution >= 0.6 is 0 Å². The third kappa shape index (κ3) is 3.36. The number of carbonyl (C=O) groups is 1. The number of aliphatic hydroxyl groups excluding tert-OH is 1. The maximum absolute atomic E-state index is 11.3. The summed E-state index contributed by atoms with van der Waals surface area (Å²) >= 11 is 0. The molecule has 82 valence electrons. The molecule has 0 aliphatic carbocycles. The first-order chi connectivity index (χ1) is 7.15. The number of benzene rings is 1. The van der Waals surface area contributed by atoms with Gasteiger partial charge >= 0.3 is 5.97 Å². The molecule has 0 spiro atoms. The van der Waals surface area contributed by atoms with E-state index in [1.165, 1.54) is 0 Å². The van der Waals surface area contributed by atoms with Gasteiger partial charge in [-0.25, -0.2) is 0 Å². The van der Waals surface area contributed by atoms with E-state index in [9.17, 15) is 9.90 Å². The zero-order valence-corrected chi connectivity index (χ0v) is 9.06. The van der Waals surface area contributed by atoms with Gasteiger partial charge in [0.15, 0.2) is 0 Å². The Hall–Kier alpha value is -1.35. The Labute approximate surface area is 89.7 Å². The van der Waals surface area contributed by atoms with Crippen LogP contribution in [0, 0.1) is 0 Å². The highest BCUT2D eigenvalue weighted by atomic mass is 16.5. The number of esters is 1. The van der Waals surface area contributed by atoms with Gasteiger partial charge in [0.1, 0.15) is 0 Å². The Morgan fingerprint density at radius 2 is 2.13 bits per heavy atom. The van der Waals surface area contributed by atoms with Crippen molar-refractivity contribution in [3.05, 3.63) is 35.4 Å². The topological polar surface area (TPSA) is 46.5 Å². The molecule has 0 saturated carbocycles. The van der Waals surface area contributed by atoms with E-state index < -0.39 is 6.10 Å². The maximum atomic E-state index is 11.3. The molecule has 1 aromatic rings. The molecule has 3 nitrogen and oxygen atoms in total. The molecule has 1 aromatic carbocycles. The summed E-state index contributed by atoms with van der Waals surface area (Å²) in [7, 11) is 0. The van der Waals surface area contributed by atoms with E-state index in [0.717, 1.165) is 11.1 Å². The molecule has 0 aromatic heterocycles. The van der Waals surface area contributed by atoms with Crippen LogP contribution in [0.15, 0.2) is 24.3 Å². The normalized spacial score (nSPS) is 12.2. The fraction of sp³-hybridized carbons (Fsp3) is 0.417. The maximum Gasteiger partial charge on any atom is 0.310 e. The van der Waals surface area contributed by atoms with Crippen LogP contribution in [0.4, 0.5) is 0 Å². The summed E-state index contributed by atoms with van der Waals surface area (Å²) in [5.74, 6) is -0.259. The molecule has 0 fully saturated rings. The Bertz CT molecular complexity index is 331. The smallest absolute Gasteiger partial charge is 0.310 e. The molecule has 0 aliphatic heterocycles. The predicted octanol–water partition coefficient (Wildman–Crippen LogP) is 1.85. The lowest BCUT2D eigenvalue weighted by Crippen LogP contribution is -2.10. The lowest BCUT2D eigenvalue weighted by molar-refractivity contribution is -0.142. The van der Waals surface area contributed by atoms with Gasteiger partial charge in [-0.1, -0.05) is 24.3 Å². The van der Waals surface area contributed by atoms with Crippen molar-refractivity contribution in [1.82, 2.24) is 0 Å². The second-order valence-electron chi connectivity index (χ2n) is 3.36. The summed E-state index contributed by atoms with van der Waals surface area (Å²) in [6.45, 7) is 3.85. The summed E-state index contributed by atoms with van der Waals surface area (Å²) in [6, 6.07) is 7.34. The summed E-state index contributed by atoms with van der Waals surface area (Å²) in [5.41, 5.74) is 1.61. The molecule has 15 heavy (non-hydrogen) atoms. The number of hydrogen-bond acceptors (Lipinski definition) is 3. The highest BCUT2D eigenvalue weighted by Gasteiger charge is 2.10. The van der Waals surface area contributed by atoms with E-state index in [2.05, 4.69) is 0 Å². The Kier molecular flexibility index (Phi) is 4.31. The van der Waals surface area contributed by atoms with Gasteiger partial charge in [0.25, 0.3) is 0 Å². The molecule has 0 aliphatic rings. The third-order valence-corrected chi connectivity index (χ3v) is 2.15. The molecule has 1 rings (SSSR count). The number of hydrogen-bond donors (Lipinski definition) is 1. The van der Waals surface area contributed by atoms with E-state index in [0.29, 0.717) is 6.61 Å². The van der Waals surface area contributed by atoms with Crippen molar-refractivity contribution in [2.45, 2.75) is 26.4 Å². The summed E-state index contributed by atoms with van der Waals surface area (Å²) in [5, 5.41) is 9.50. The average molecular weight is 208 g/mol. The first-order valence-corrected chi connectivity index (χ1v) is 5.06. The Balaban J connectivity index is 2.80. The van der Waals surface area contributed by atoms with Crippen molar-refractivity contribution >= 4 is 5.97 Å². The van der Waals surface area contributed by atoms with Gasteiger partial charge in [0.05, 0.1) is 19.1 Å². The van der Waals surface area contributed by atoms with Crippen LogP contribution in [0.5, 0.6) is 0 Å². The van der Waals surface area contributed by atoms with Crippen molar-refractivity contribution in [3.63, 3.8) is 0 Å². The molecule has 3 heteroatoms. The van der Waals surface area contributed by atoms with Crippen LogP contribution in [0.25, 0.3) is 0 Å². The highest BCUT2D eigenvalue weighted by molar-refractivity contribution is 5.73. The second kappa shape index (κ2) is 5.51. The van der Waals surface area contributed by atoms with Gasteiger partial charge in [0, 0.05) is 0 Å². The van der Waals surface area contributed by atoms with Crippen LogP contribution in [0.3, 0.4) is 0 Å². The van der Waals surface area contributed by atoms with Gasteiger partial charge in [-0.2, -0.15) is 0 Å². The summed E-state index contributed by atoms with van der Waals surface area (Å²) in [6.07, 6.45) is -0.342. The molecule has 1 unspecified atom stereocenters. The van der Waals surface area contributed by atoms with Crippen molar-refractivity contribution < 1.29 is 14.6 Å². The highest BCUT2D eigenvalue weighted by Crippen LogP contribution is 2.17. The fourth-order valence-corrected chi connectivity index (χ4v) is 1.47. The Morgan fingerprint density at radius 3 is 2.73 bits per heavy atom. The third-order valence-electron chi connectivity index (χ3n) is 2.15. The zero-order chi connectivity index (χ0) is 11.3. The fourth-order valence-electron chi connectivity index (χ4n) is 1.47. The molecular weight excluding hydrogens is 192 g/mol. The minimum Gasteiger partial charge on any atom is -0.466 e. The van der Waals surface area contributed by atoms with E-state index in [-0.39, 0.29) is 12.4 Å². The minimum atomic E-state index is -0.560. The lowest BCUT2D eigenvalue weighted by atomic mass is 10.0. The average Bonchev–Trinajstić information content (AvgIpc) is 2.18. The quantitative estimate of drug-likeness (QED) is 0.768. The molecule has 0 amide bonds.